The van der Waals surface area contributed by atoms with Crippen LogP contribution in [0, 0.1) is 0 Å². The van der Waals surface area contributed by atoms with Gasteiger partial charge in [-0.15, -0.1) is 0 Å². The lowest BCUT2D eigenvalue weighted by Crippen LogP contribution is -2.51. The first-order valence-corrected chi connectivity index (χ1v) is 7.88. The smallest absolute Gasteiger partial charge is 0.0826 e. The van der Waals surface area contributed by atoms with Crippen molar-refractivity contribution in [1.82, 2.24) is 10.2 Å². The molecule has 4 heteroatoms. The van der Waals surface area contributed by atoms with Gasteiger partial charge in [0.1, 0.15) is 0 Å². The molecule has 4 nitrogen and oxygen atoms in total. The van der Waals surface area contributed by atoms with Crippen LogP contribution >= 0.6 is 0 Å². The van der Waals surface area contributed by atoms with Gasteiger partial charge in [0.2, 0.25) is 0 Å². The fourth-order valence-corrected chi connectivity index (χ4v) is 3.19. The number of hydrogen-bond acceptors (Lipinski definition) is 4. The topological polar surface area (TPSA) is 44.7 Å². The van der Waals surface area contributed by atoms with Gasteiger partial charge in [0.05, 0.1) is 18.3 Å². The molecular formula is C15H30N2O2. The highest BCUT2D eigenvalue weighted by atomic mass is 16.5. The first-order chi connectivity index (χ1) is 9.09. The van der Waals surface area contributed by atoms with Gasteiger partial charge in [-0.2, -0.15) is 0 Å². The van der Waals surface area contributed by atoms with Gasteiger partial charge in [0.25, 0.3) is 0 Å². The van der Waals surface area contributed by atoms with Crippen molar-refractivity contribution in [3.63, 3.8) is 0 Å². The summed E-state index contributed by atoms with van der Waals surface area (Å²) in [5, 5.41) is 13.9. The summed E-state index contributed by atoms with van der Waals surface area (Å²) in [5.74, 6) is 0. The Kier molecular flexibility index (Phi) is 5.63. The Morgan fingerprint density at radius 2 is 2.05 bits per heavy atom. The molecule has 0 spiro atoms. The second kappa shape index (κ2) is 7.02. The standard InChI is InChI=1S/C15H30N2O2/c1-13(2)17-8-9-19-14(11-17)10-16-12-15(18)6-4-3-5-7-15/h13-14,16,18H,3-12H2,1-2H3. The normalized spacial score (nSPS) is 28.7. The molecule has 112 valence electrons. The summed E-state index contributed by atoms with van der Waals surface area (Å²) in [7, 11) is 0. The molecule has 0 radical (unpaired) electrons. The lowest BCUT2D eigenvalue weighted by molar-refractivity contribution is -0.0427. The van der Waals surface area contributed by atoms with Crippen molar-refractivity contribution in [2.24, 2.45) is 0 Å². The number of hydrogen-bond donors (Lipinski definition) is 2. The van der Waals surface area contributed by atoms with Crippen LogP contribution in [0.3, 0.4) is 0 Å². The Morgan fingerprint density at radius 3 is 2.74 bits per heavy atom. The van der Waals surface area contributed by atoms with Gasteiger partial charge < -0.3 is 15.2 Å². The summed E-state index contributed by atoms with van der Waals surface area (Å²) in [5.41, 5.74) is -0.468. The van der Waals surface area contributed by atoms with Gasteiger partial charge in [-0.05, 0) is 26.7 Å². The highest BCUT2D eigenvalue weighted by Gasteiger charge is 2.29. The molecule has 0 bridgehead atoms. The molecule has 1 aliphatic carbocycles. The molecule has 1 atom stereocenters. The SMILES string of the molecule is CC(C)N1CCOC(CNCC2(O)CCCCC2)C1. The number of ether oxygens (including phenoxy) is 1. The highest BCUT2D eigenvalue weighted by Crippen LogP contribution is 2.27. The van der Waals surface area contributed by atoms with Gasteiger partial charge in [-0.1, -0.05) is 19.3 Å². The Morgan fingerprint density at radius 1 is 1.32 bits per heavy atom. The number of rotatable bonds is 5. The monoisotopic (exact) mass is 270 g/mol. The fraction of sp³-hybridized carbons (Fsp3) is 1.00. The average Bonchev–Trinajstić information content (AvgIpc) is 2.39. The third-order valence-corrected chi connectivity index (χ3v) is 4.51. The van der Waals surface area contributed by atoms with E-state index in [0.717, 1.165) is 39.1 Å². The highest BCUT2D eigenvalue weighted by molar-refractivity contribution is 4.85. The van der Waals surface area contributed by atoms with E-state index >= 15 is 0 Å². The van der Waals surface area contributed by atoms with Crippen LogP contribution in [0.15, 0.2) is 0 Å². The Labute approximate surface area is 117 Å². The van der Waals surface area contributed by atoms with Crippen LogP contribution in [0.25, 0.3) is 0 Å². The molecule has 1 unspecified atom stereocenters. The van der Waals surface area contributed by atoms with Crippen molar-refractivity contribution in [2.45, 2.75) is 63.7 Å². The molecule has 0 aromatic carbocycles. The lowest BCUT2D eigenvalue weighted by Gasteiger charge is -2.37. The maximum absolute atomic E-state index is 10.4. The van der Waals surface area contributed by atoms with Crippen molar-refractivity contribution in [3.8, 4) is 0 Å². The van der Waals surface area contributed by atoms with E-state index in [-0.39, 0.29) is 6.10 Å². The molecule has 2 rings (SSSR count). The number of nitrogens with zero attached hydrogens (tertiary/aromatic N) is 1. The molecule has 0 amide bonds. The van der Waals surface area contributed by atoms with E-state index < -0.39 is 5.60 Å². The van der Waals surface area contributed by atoms with Crippen molar-refractivity contribution >= 4 is 0 Å². The minimum Gasteiger partial charge on any atom is -0.389 e. The summed E-state index contributed by atoms with van der Waals surface area (Å²) < 4.78 is 5.79. The van der Waals surface area contributed by atoms with Crippen molar-refractivity contribution in [3.05, 3.63) is 0 Å². The maximum atomic E-state index is 10.4. The first kappa shape index (κ1) is 15.2. The molecule has 1 heterocycles. The molecule has 0 aromatic heterocycles. The van der Waals surface area contributed by atoms with Crippen LogP contribution in [0.1, 0.15) is 46.0 Å². The van der Waals surface area contributed by atoms with Crippen molar-refractivity contribution in [2.75, 3.05) is 32.8 Å². The van der Waals surface area contributed by atoms with Crippen molar-refractivity contribution in [1.29, 1.82) is 0 Å². The fourth-order valence-electron chi connectivity index (χ4n) is 3.19. The Bertz CT molecular complexity index is 265. The molecule has 19 heavy (non-hydrogen) atoms. The van der Waals surface area contributed by atoms with E-state index in [1.807, 2.05) is 0 Å². The minimum absolute atomic E-state index is 0.267. The average molecular weight is 270 g/mol. The summed E-state index contributed by atoms with van der Waals surface area (Å²) in [6.07, 6.45) is 5.77. The van der Waals surface area contributed by atoms with E-state index in [1.165, 1.54) is 19.3 Å². The number of nitrogens with one attached hydrogen (secondary N) is 1. The van der Waals surface area contributed by atoms with Crippen LogP contribution in [0.5, 0.6) is 0 Å². The summed E-state index contributed by atoms with van der Waals surface area (Å²) in [6, 6.07) is 0.592. The zero-order valence-corrected chi connectivity index (χ0v) is 12.5. The minimum atomic E-state index is -0.468. The van der Waals surface area contributed by atoms with E-state index in [1.54, 1.807) is 0 Å². The molecule has 0 aromatic rings. The van der Waals surface area contributed by atoms with E-state index in [4.69, 9.17) is 4.74 Å². The Hall–Kier alpha value is -0.160. The molecule has 1 saturated carbocycles. The van der Waals surface area contributed by atoms with Gasteiger partial charge >= 0.3 is 0 Å². The van der Waals surface area contributed by atoms with Gasteiger partial charge in [-0.3, -0.25) is 4.90 Å². The molecule has 2 fully saturated rings. The molecule has 2 aliphatic rings. The van der Waals surface area contributed by atoms with Crippen LogP contribution < -0.4 is 5.32 Å². The third-order valence-electron chi connectivity index (χ3n) is 4.51. The third kappa shape index (κ3) is 4.71. The quantitative estimate of drug-likeness (QED) is 0.792. The maximum Gasteiger partial charge on any atom is 0.0826 e. The van der Waals surface area contributed by atoms with Crippen LogP contribution in [0.4, 0.5) is 0 Å². The molecular weight excluding hydrogens is 240 g/mol. The van der Waals surface area contributed by atoms with E-state index in [0.29, 0.717) is 12.6 Å². The van der Waals surface area contributed by atoms with Gasteiger partial charge in [-0.25, -0.2) is 0 Å². The summed E-state index contributed by atoms with van der Waals surface area (Å²) in [4.78, 5) is 2.46. The zero-order valence-electron chi connectivity index (χ0n) is 12.5. The first-order valence-electron chi connectivity index (χ1n) is 7.88. The molecule has 1 saturated heterocycles. The largest absolute Gasteiger partial charge is 0.389 e. The van der Waals surface area contributed by atoms with E-state index in [2.05, 4.69) is 24.1 Å². The van der Waals surface area contributed by atoms with Crippen LogP contribution in [-0.4, -0.2) is 60.5 Å². The van der Waals surface area contributed by atoms with Crippen molar-refractivity contribution < 1.29 is 9.84 Å². The number of morpholine rings is 1. The predicted octanol–water partition coefficient (Wildman–Crippen LogP) is 1.38. The number of aliphatic hydroxyl groups is 1. The van der Waals surface area contributed by atoms with E-state index in [9.17, 15) is 5.11 Å². The van der Waals surface area contributed by atoms with Crippen LogP contribution in [-0.2, 0) is 4.74 Å². The van der Waals surface area contributed by atoms with Gasteiger partial charge in [0, 0.05) is 32.2 Å². The second-order valence-corrected chi connectivity index (χ2v) is 6.50. The predicted molar refractivity (Wildman–Crippen MR) is 77.4 cm³/mol. The lowest BCUT2D eigenvalue weighted by atomic mass is 9.85. The summed E-state index contributed by atoms with van der Waals surface area (Å²) >= 11 is 0. The summed E-state index contributed by atoms with van der Waals surface area (Å²) in [6.45, 7) is 8.91. The second-order valence-electron chi connectivity index (χ2n) is 6.50. The van der Waals surface area contributed by atoms with Gasteiger partial charge in [0.15, 0.2) is 0 Å². The molecule has 1 aliphatic heterocycles. The zero-order chi connectivity index (χ0) is 13.7. The van der Waals surface area contributed by atoms with Crippen LogP contribution in [0.2, 0.25) is 0 Å². The molecule has 2 N–H and O–H groups in total. The Balaban J connectivity index is 1.67.